The minimum Gasteiger partial charge on any atom is -0.346 e. The Balaban J connectivity index is 1.43. The fourth-order valence-electron chi connectivity index (χ4n) is 3.61. The molecule has 4 rings (SSSR count). The van der Waals surface area contributed by atoms with E-state index >= 15 is 0 Å². The third-order valence-corrected chi connectivity index (χ3v) is 6.61. The summed E-state index contributed by atoms with van der Waals surface area (Å²) in [6.45, 7) is 0.727. The molecule has 2 heterocycles. The highest BCUT2D eigenvalue weighted by Gasteiger charge is 2.40. The van der Waals surface area contributed by atoms with Crippen LogP contribution in [0.1, 0.15) is 43.4 Å². The first-order valence-corrected chi connectivity index (χ1v) is 10.5. The zero-order chi connectivity index (χ0) is 18.1. The van der Waals surface area contributed by atoms with E-state index in [0.29, 0.717) is 11.6 Å². The van der Waals surface area contributed by atoms with Gasteiger partial charge < -0.3 is 5.32 Å². The molecule has 1 aliphatic heterocycles. The zero-order valence-electron chi connectivity index (χ0n) is 14.3. The molecule has 1 N–H and O–H groups in total. The Morgan fingerprint density at radius 2 is 2.04 bits per heavy atom. The Hall–Kier alpha value is -1.73. The third kappa shape index (κ3) is 3.42. The van der Waals surface area contributed by atoms with Crippen LogP contribution in [-0.4, -0.2) is 23.3 Å². The number of amides is 2. The monoisotopic (exact) mass is 433 g/mol. The second-order valence-corrected chi connectivity index (χ2v) is 8.69. The smallest absolute Gasteiger partial charge is 0.228 e. The Kier molecular flexibility index (Phi) is 4.84. The summed E-state index contributed by atoms with van der Waals surface area (Å²) in [5, 5.41) is 5.82. The van der Waals surface area contributed by atoms with E-state index in [1.54, 1.807) is 4.90 Å². The molecular weight excluding hydrogens is 414 g/mol. The summed E-state index contributed by atoms with van der Waals surface area (Å²) in [5.41, 5.74) is 1.64. The number of carbonyl (C=O) groups excluding carboxylic acids is 2. The fourth-order valence-corrected chi connectivity index (χ4v) is 4.74. The molecular formula is C19H20BrN3O2S. The van der Waals surface area contributed by atoms with Gasteiger partial charge in [-0.15, -0.1) is 11.3 Å². The number of anilines is 1. The molecule has 7 heteroatoms. The second kappa shape index (κ2) is 7.12. The van der Waals surface area contributed by atoms with Gasteiger partial charge in [0, 0.05) is 22.8 Å². The van der Waals surface area contributed by atoms with Gasteiger partial charge in [-0.2, -0.15) is 0 Å². The quantitative estimate of drug-likeness (QED) is 0.780. The number of thiazole rings is 1. The van der Waals surface area contributed by atoms with Crippen LogP contribution in [0.5, 0.6) is 0 Å². The first-order chi connectivity index (χ1) is 12.6. The fraction of sp³-hybridized carbons (Fsp3) is 0.421. The van der Waals surface area contributed by atoms with Gasteiger partial charge in [0.1, 0.15) is 0 Å². The maximum atomic E-state index is 12.6. The molecule has 2 aromatic rings. The number of carbonyl (C=O) groups is 2. The van der Waals surface area contributed by atoms with Crippen molar-refractivity contribution in [1.82, 2.24) is 10.3 Å². The van der Waals surface area contributed by atoms with E-state index < -0.39 is 0 Å². The van der Waals surface area contributed by atoms with Gasteiger partial charge in [0.25, 0.3) is 0 Å². The van der Waals surface area contributed by atoms with Gasteiger partial charge in [0.15, 0.2) is 5.13 Å². The number of hydrogen-bond donors (Lipinski definition) is 1. The maximum Gasteiger partial charge on any atom is 0.228 e. The Bertz CT molecular complexity index is 830. The van der Waals surface area contributed by atoms with E-state index in [1.807, 2.05) is 17.5 Å². The summed E-state index contributed by atoms with van der Waals surface area (Å²) < 4.78 is 1.04. The van der Waals surface area contributed by atoms with Gasteiger partial charge in [-0.25, -0.2) is 4.98 Å². The first kappa shape index (κ1) is 17.7. The van der Waals surface area contributed by atoms with Crippen molar-refractivity contribution in [3.05, 3.63) is 45.4 Å². The lowest BCUT2D eigenvalue weighted by molar-refractivity contribution is -0.123. The third-order valence-electron chi connectivity index (χ3n) is 5.17. The van der Waals surface area contributed by atoms with Gasteiger partial charge in [0.05, 0.1) is 17.7 Å². The van der Waals surface area contributed by atoms with E-state index in [2.05, 4.69) is 38.4 Å². The van der Waals surface area contributed by atoms with Gasteiger partial charge in [-0.3, -0.25) is 14.5 Å². The van der Waals surface area contributed by atoms with E-state index in [1.165, 1.54) is 11.3 Å². The van der Waals surface area contributed by atoms with E-state index in [-0.39, 0.29) is 23.8 Å². The van der Waals surface area contributed by atoms with Crippen LogP contribution in [0.25, 0.3) is 0 Å². The molecule has 2 aliphatic rings. The summed E-state index contributed by atoms with van der Waals surface area (Å²) >= 11 is 4.90. The maximum absolute atomic E-state index is 12.6. The van der Waals surface area contributed by atoms with Crippen molar-refractivity contribution in [3.63, 3.8) is 0 Å². The van der Waals surface area contributed by atoms with Crippen molar-refractivity contribution in [3.8, 4) is 0 Å². The Labute approximate surface area is 164 Å². The van der Waals surface area contributed by atoms with E-state index in [4.69, 9.17) is 0 Å². The van der Waals surface area contributed by atoms with Crippen LogP contribution >= 0.6 is 27.3 Å². The lowest BCUT2D eigenvalue weighted by atomic mass is 9.71. The number of aromatic nitrogens is 1. The first-order valence-electron chi connectivity index (χ1n) is 8.88. The van der Waals surface area contributed by atoms with Gasteiger partial charge in [-0.05, 0) is 43.4 Å². The lowest BCUT2D eigenvalue weighted by Gasteiger charge is -2.43. The number of benzene rings is 1. The second-order valence-electron chi connectivity index (χ2n) is 6.94. The van der Waals surface area contributed by atoms with E-state index in [9.17, 15) is 9.59 Å². The SMILES string of the molecule is O=C(Cc1csc(N2CCCC2=O)n1)NC1(c2ccc(Br)cc2)CCC1. The molecule has 0 unspecified atom stereocenters. The lowest BCUT2D eigenvalue weighted by Crippen LogP contribution is -2.51. The molecule has 0 atom stereocenters. The topological polar surface area (TPSA) is 62.3 Å². The number of halogens is 1. The van der Waals surface area contributed by atoms with Gasteiger partial charge >= 0.3 is 0 Å². The molecule has 0 radical (unpaired) electrons. The number of nitrogens with zero attached hydrogens (tertiary/aromatic N) is 2. The normalized spacial score (nSPS) is 18.7. The molecule has 0 spiro atoms. The molecule has 5 nitrogen and oxygen atoms in total. The molecule has 1 aliphatic carbocycles. The number of rotatable bonds is 5. The predicted molar refractivity (Wildman–Crippen MR) is 105 cm³/mol. The summed E-state index contributed by atoms with van der Waals surface area (Å²) in [7, 11) is 0. The molecule has 2 fully saturated rings. The van der Waals surface area contributed by atoms with Crippen LogP contribution in [-0.2, 0) is 21.5 Å². The van der Waals surface area contributed by atoms with Crippen molar-refractivity contribution < 1.29 is 9.59 Å². The minimum absolute atomic E-state index is 0.0165. The average molecular weight is 434 g/mol. The van der Waals surface area contributed by atoms with Crippen LogP contribution in [0.2, 0.25) is 0 Å². The van der Waals surface area contributed by atoms with Crippen molar-refractivity contribution in [2.45, 2.75) is 44.1 Å². The highest BCUT2D eigenvalue weighted by atomic mass is 79.9. The Morgan fingerprint density at radius 3 is 2.65 bits per heavy atom. The largest absolute Gasteiger partial charge is 0.346 e. The average Bonchev–Trinajstić information content (AvgIpc) is 3.20. The van der Waals surface area contributed by atoms with Crippen molar-refractivity contribution in [2.75, 3.05) is 11.4 Å². The Morgan fingerprint density at radius 1 is 1.27 bits per heavy atom. The molecule has 1 saturated heterocycles. The molecule has 26 heavy (non-hydrogen) atoms. The van der Waals surface area contributed by atoms with Crippen molar-refractivity contribution in [1.29, 1.82) is 0 Å². The van der Waals surface area contributed by atoms with Crippen molar-refractivity contribution in [2.24, 2.45) is 0 Å². The molecule has 1 aromatic heterocycles. The van der Waals surface area contributed by atoms with Crippen LogP contribution in [0.3, 0.4) is 0 Å². The van der Waals surface area contributed by atoms with E-state index in [0.717, 1.165) is 48.0 Å². The summed E-state index contributed by atoms with van der Waals surface area (Å²) in [6.07, 6.45) is 4.76. The minimum atomic E-state index is -0.248. The number of hydrogen-bond acceptors (Lipinski definition) is 4. The molecule has 0 bridgehead atoms. The summed E-state index contributed by atoms with van der Waals surface area (Å²) in [5.74, 6) is 0.108. The zero-order valence-corrected chi connectivity index (χ0v) is 16.7. The van der Waals surface area contributed by atoms with Gasteiger partial charge in [-0.1, -0.05) is 28.1 Å². The van der Waals surface area contributed by atoms with Gasteiger partial charge in [0.2, 0.25) is 11.8 Å². The van der Waals surface area contributed by atoms with Crippen molar-refractivity contribution >= 4 is 44.2 Å². The molecule has 1 saturated carbocycles. The van der Waals surface area contributed by atoms with Crippen LogP contribution < -0.4 is 10.2 Å². The highest BCUT2D eigenvalue weighted by Crippen LogP contribution is 2.41. The van der Waals surface area contributed by atoms with Crippen LogP contribution in [0, 0.1) is 0 Å². The molecule has 2 amide bonds. The highest BCUT2D eigenvalue weighted by molar-refractivity contribution is 9.10. The standard InChI is InChI=1S/C19H20BrN3O2S/c20-14-6-4-13(5-7-14)19(8-2-9-19)22-16(24)11-15-12-26-18(21-15)23-10-1-3-17(23)25/h4-7,12H,1-3,8-11H2,(H,22,24). The predicted octanol–water partition coefficient (Wildman–Crippen LogP) is 3.77. The van der Waals surface area contributed by atoms with Crippen LogP contribution in [0.4, 0.5) is 5.13 Å². The molecule has 136 valence electrons. The number of nitrogens with one attached hydrogen (secondary N) is 1. The summed E-state index contributed by atoms with van der Waals surface area (Å²) in [4.78, 5) is 30.7. The molecule has 1 aromatic carbocycles. The summed E-state index contributed by atoms with van der Waals surface area (Å²) in [6, 6.07) is 8.18. The van der Waals surface area contributed by atoms with Crippen LogP contribution in [0.15, 0.2) is 34.1 Å².